The maximum Gasteiger partial charge on any atom is 0.234 e. The Kier molecular flexibility index (Phi) is 5.39. The molecular formula is C17H16FN5OS. The maximum absolute atomic E-state index is 13.4. The molecule has 0 saturated heterocycles. The van der Waals surface area contributed by atoms with E-state index in [4.69, 9.17) is 0 Å². The number of nitrogens with one attached hydrogen (secondary N) is 1. The normalized spacial score (nSPS) is 10.6. The number of benzene rings is 1. The van der Waals surface area contributed by atoms with Crippen LogP contribution in [-0.4, -0.2) is 31.4 Å². The van der Waals surface area contributed by atoms with Crippen LogP contribution < -0.4 is 5.32 Å². The van der Waals surface area contributed by atoms with Crippen LogP contribution in [0.4, 0.5) is 10.1 Å². The van der Waals surface area contributed by atoms with Crippen molar-refractivity contribution in [1.29, 1.82) is 0 Å². The van der Waals surface area contributed by atoms with E-state index in [0.29, 0.717) is 23.2 Å². The standard InChI is InChI=1S/C17H16FN5OS/c1-2-23-16(14-10-12(18)8-9-19-14)21-22-17(23)25-11-15(24)20-13-6-4-3-5-7-13/h3-10H,2,11H2,1H3,(H,20,24). The average molecular weight is 357 g/mol. The number of aromatic nitrogens is 4. The van der Waals surface area contributed by atoms with Gasteiger partial charge in [-0.05, 0) is 25.1 Å². The first kappa shape index (κ1) is 17.1. The number of nitrogens with zero attached hydrogens (tertiary/aromatic N) is 4. The Hall–Kier alpha value is -2.74. The minimum absolute atomic E-state index is 0.132. The van der Waals surface area contributed by atoms with Crippen LogP contribution in [0.5, 0.6) is 0 Å². The second-order valence-electron chi connectivity index (χ2n) is 5.11. The van der Waals surface area contributed by atoms with Gasteiger partial charge in [0.25, 0.3) is 0 Å². The zero-order chi connectivity index (χ0) is 17.6. The number of carbonyl (C=O) groups excluding carboxylic acids is 1. The topological polar surface area (TPSA) is 72.7 Å². The van der Waals surface area contributed by atoms with Gasteiger partial charge >= 0.3 is 0 Å². The van der Waals surface area contributed by atoms with Gasteiger partial charge in [0.15, 0.2) is 11.0 Å². The van der Waals surface area contributed by atoms with Gasteiger partial charge in [0.2, 0.25) is 5.91 Å². The minimum Gasteiger partial charge on any atom is -0.325 e. The molecule has 2 aromatic heterocycles. The number of carbonyl (C=O) groups is 1. The van der Waals surface area contributed by atoms with E-state index in [0.717, 1.165) is 5.69 Å². The lowest BCUT2D eigenvalue weighted by molar-refractivity contribution is -0.113. The van der Waals surface area contributed by atoms with Crippen molar-refractivity contribution < 1.29 is 9.18 Å². The third kappa shape index (κ3) is 4.21. The zero-order valence-corrected chi connectivity index (χ0v) is 14.3. The number of para-hydroxylation sites is 1. The molecule has 0 aliphatic heterocycles. The highest BCUT2D eigenvalue weighted by Crippen LogP contribution is 2.23. The predicted molar refractivity (Wildman–Crippen MR) is 94.7 cm³/mol. The Morgan fingerprint density at radius 1 is 1.24 bits per heavy atom. The van der Waals surface area contributed by atoms with Gasteiger partial charge in [0.1, 0.15) is 11.5 Å². The fourth-order valence-electron chi connectivity index (χ4n) is 2.25. The van der Waals surface area contributed by atoms with Gasteiger partial charge < -0.3 is 9.88 Å². The Balaban J connectivity index is 1.70. The highest BCUT2D eigenvalue weighted by atomic mass is 32.2. The molecule has 1 amide bonds. The zero-order valence-electron chi connectivity index (χ0n) is 13.5. The van der Waals surface area contributed by atoms with E-state index in [1.165, 1.54) is 30.1 Å². The molecule has 2 heterocycles. The molecule has 0 spiro atoms. The second kappa shape index (κ2) is 7.89. The number of pyridine rings is 1. The summed E-state index contributed by atoms with van der Waals surface area (Å²) in [5.41, 5.74) is 1.16. The molecule has 0 aliphatic rings. The summed E-state index contributed by atoms with van der Waals surface area (Å²) in [6.45, 7) is 2.52. The van der Waals surface area contributed by atoms with E-state index in [9.17, 15) is 9.18 Å². The van der Waals surface area contributed by atoms with Gasteiger partial charge in [-0.2, -0.15) is 0 Å². The Morgan fingerprint density at radius 2 is 2.04 bits per heavy atom. The molecule has 0 aliphatic carbocycles. The van der Waals surface area contributed by atoms with Crippen molar-refractivity contribution in [3.8, 4) is 11.5 Å². The molecule has 25 heavy (non-hydrogen) atoms. The summed E-state index contributed by atoms with van der Waals surface area (Å²) in [5.74, 6) is 0.163. The first-order chi connectivity index (χ1) is 12.2. The molecular weight excluding hydrogens is 341 g/mol. The average Bonchev–Trinajstić information content (AvgIpc) is 3.04. The lowest BCUT2D eigenvalue weighted by atomic mass is 10.3. The number of hydrogen-bond donors (Lipinski definition) is 1. The van der Waals surface area contributed by atoms with Crippen LogP contribution in [0.25, 0.3) is 11.5 Å². The highest BCUT2D eigenvalue weighted by molar-refractivity contribution is 7.99. The van der Waals surface area contributed by atoms with Crippen molar-refractivity contribution in [3.63, 3.8) is 0 Å². The summed E-state index contributed by atoms with van der Waals surface area (Å²) < 4.78 is 15.2. The van der Waals surface area contributed by atoms with Crippen LogP contribution in [0, 0.1) is 5.82 Å². The van der Waals surface area contributed by atoms with E-state index in [2.05, 4.69) is 20.5 Å². The minimum atomic E-state index is -0.382. The van der Waals surface area contributed by atoms with Crippen molar-refractivity contribution in [2.45, 2.75) is 18.6 Å². The molecule has 1 aromatic carbocycles. The van der Waals surface area contributed by atoms with Crippen molar-refractivity contribution in [1.82, 2.24) is 19.7 Å². The monoisotopic (exact) mass is 357 g/mol. The fraction of sp³-hybridized carbons (Fsp3) is 0.176. The van der Waals surface area contributed by atoms with Gasteiger partial charge in [-0.3, -0.25) is 9.78 Å². The summed E-state index contributed by atoms with van der Waals surface area (Å²) in [6.07, 6.45) is 1.39. The SMILES string of the molecule is CCn1c(SCC(=O)Nc2ccccc2)nnc1-c1cc(F)ccn1. The number of thioether (sulfide) groups is 1. The van der Waals surface area contributed by atoms with Crippen molar-refractivity contribution in [2.75, 3.05) is 11.1 Å². The van der Waals surface area contributed by atoms with E-state index in [-0.39, 0.29) is 17.5 Å². The van der Waals surface area contributed by atoms with Crippen molar-refractivity contribution >= 4 is 23.4 Å². The Bertz CT molecular complexity index is 868. The highest BCUT2D eigenvalue weighted by Gasteiger charge is 2.16. The molecule has 0 saturated carbocycles. The Morgan fingerprint density at radius 3 is 2.76 bits per heavy atom. The fourth-order valence-corrected chi connectivity index (χ4v) is 3.05. The molecule has 0 radical (unpaired) electrons. The summed E-state index contributed by atoms with van der Waals surface area (Å²) in [4.78, 5) is 16.2. The summed E-state index contributed by atoms with van der Waals surface area (Å²) in [5, 5.41) is 11.6. The van der Waals surface area contributed by atoms with Crippen LogP contribution in [0.1, 0.15) is 6.92 Å². The van der Waals surface area contributed by atoms with Gasteiger partial charge in [-0.15, -0.1) is 10.2 Å². The predicted octanol–water partition coefficient (Wildman–Crippen LogP) is 3.23. The van der Waals surface area contributed by atoms with E-state index in [1.54, 1.807) is 0 Å². The van der Waals surface area contributed by atoms with Gasteiger partial charge in [0, 0.05) is 24.5 Å². The molecule has 0 atom stereocenters. The van der Waals surface area contributed by atoms with E-state index in [1.807, 2.05) is 41.8 Å². The van der Waals surface area contributed by atoms with Gasteiger partial charge in [-0.1, -0.05) is 30.0 Å². The number of rotatable bonds is 6. The maximum atomic E-state index is 13.4. The van der Waals surface area contributed by atoms with Crippen LogP contribution in [0.2, 0.25) is 0 Å². The van der Waals surface area contributed by atoms with Gasteiger partial charge in [0.05, 0.1) is 5.75 Å². The van der Waals surface area contributed by atoms with Gasteiger partial charge in [-0.25, -0.2) is 4.39 Å². The summed E-state index contributed by atoms with van der Waals surface area (Å²) in [6, 6.07) is 11.8. The number of halogens is 1. The van der Waals surface area contributed by atoms with E-state index >= 15 is 0 Å². The van der Waals surface area contributed by atoms with Crippen LogP contribution >= 0.6 is 11.8 Å². The van der Waals surface area contributed by atoms with Crippen LogP contribution in [-0.2, 0) is 11.3 Å². The summed E-state index contributed by atoms with van der Waals surface area (Å²) in [7, 11) is 0. The molecule has 1 N–H and O–H groups in total. The molecule has 0 unspecified atom stereocenters. The van der Waals surface area contributed by atoms with E-state index < -0.39 is 0 Å². The second-order valence-corrected chi connectivity index (χ2v) is 6.06. The number of anilines is 1. The first-order valence-corrected chi connectivity index (χ1v) is 8.68. The quantitative estimate of drug-likeness (QED) is 0.686. The molecule has 128 valence electrons. The molecule has 6 nitrogen and oxygen atoms in total. The molecule has 3 rings (SSSR count). The largest absolute Gasteiger partial charge is 0.325 e. The molecule has 3 aromatic rings. The lowest BCUT2D eigenvalue weighted by Gasteiger charge is -2.07. The van der Waals surface area contributed by atoms with Crippen molar-refractivity contribution in [3.05, 3.63) is 54.5 Å². The van der Waals surface area contributed by atoms with Crippen LogP contribution in [0.3, 0.4) is 0 Å². The number of amides is 1. The smallest absolute Gasteiger partial charge is 0.234 e. The number of hydrogen-bond acceptors (Lipinski definition) is 5. The third-order valence-corrected chi connectivity index (χ3v) is 4.34. The third-order valence-electron chi connectivity index (χ3n) is 3.37. The Labute approximate surface area is 148 Å². The van der Waals surface area contributed by atoms with Crippen LogP contribution in [0.15, 0.2) is 53.8 Å². The molecule has 0 bridgehead atoms. The van der Waals surface area contributed by atoms with Crippen molar-refractivity contribution in [2.24, 2.45) is 0 Å². The lowest BCUT2D eigenvalue weighted by Crippen LogP contribution is -2.14. The summed E-state index contributed by atoms with van der Waals surface area (Å²) >= 11 is 1.27. The molecule has 8 heteroatoms. The first-order valence-electron chi connectivity index (χ1n) is 7.70. The molecule has 0 fully saturated rings.